The highest BCUT2D eigenvalue weighted by Gasteiger charge is 2.49. The molecule has 0 saturated carbocycles. The summed E-state index contributed by atoms with van der Waals surface area (Å²) in [6, 6.07) is 69.7. The summed E-state index contributed by atoms with van der Waals surface area (Å²) in [5.74, 6) is 0. The monoisotopic (exact) mass is 697 g/mol. The third-order valence-corrected chi connectivity index (χ3v) is 13.3. The Kier molecular flexibility index (Phi) is 6.70. The maximum Gasteiger partial charge on any atom is 0.0745 e. The van der Waals surface area contributed by atoms with Crippen LogP contribution in [0.5, 0.6) is 0 Å². The minimum atomic E-state index is -0.505. The lowest BCUT2D eigenvalue weighted by molar-refractivity contribution is 0.668. The molecule has 0 bridgehead atoms. The first-order valence-electron chi connectivity index (χ1n) is 17.8. The van der Waals surface area contributed by atoms with Gasteiger partial charge in [-0.1, -0.05) is 169 Å². The van der Waals surface area contributed by atoms with Crippen LogP contribution in [-0.4, -0.2) is 4.57 Å². The standard InChI is InChI=1S/C49H31NS2/c1-3-15-32(16-4-1)36-21-14-25-41-48(36)52-46-30-29-33(31-42(46)49(41)39-23-8-11-27-44(39)51-45-28-12-9-24-40(45)49)35-20-13-22-38-37-19-7-10-26-43(37)50(47(35)38)34-17-5-2-6-18-34/h1-31H. The summed E-state index contributed by atoms with van der Waals surface area (Å²) in [6.45, 7) is 0. The van der Waals surface area contributed by atoms with Crippen LogP contribution < -0.4 is 0 Å². The normalized spacial score (nSPS) is 13.8. The summed E-state index contributed by atoms with van der Waals surface area (Å²) < 4.78 is 2.45. The molecule has 0 radical (unpaired) electrons. The van der Waals surface area contributed by atoms with Gasteiger partial charge in [-0.2, -0.15) is 0 Å². The molecule has 1 spiro atoms. The summed E-state index contributed by atoms with van der Waals surface area (Å²) in [5, 5.41) is 2.53. The largest absolute Gasteiger partial charge is 0.309 e. The van der Waals surface area contributed by atoms with E-state index in [2.05, 4.69) is 193 Å². The summed E-state index contributed by atoms with van der Waals surface area (Å²) >= 11 is 3.81. The Morgan fingerprint density at radius 2 is 0.981 bits per heavy atom. The van der Waals surface area contributed by atoms with E-state index in [4.69, 9.17) is 0 Å². The van der Waals surface area contributed by atoms with Crippen LogP contribution in [0.2, 0.25) is 0 Å². The molecule has 244 valence electrons. The lowest BCUT2D eigenvalue weighted by Gasteiger charge is -2.46. The van der Waals surface area contributed by atoms with Gasteiger partial charge >= 0.3 is 0 Å². The van der Waals surface area contributed by atoms with Crippen molar-refractivity contribution in [1.82, 2.24) is 4.57 Å². The summed E-state index contributed by atoms with van der Waals surface area (Å²) in [6.07, 6.45) is 0. The fourth-order valence-electron chi connectivity index (χ4n) is 8.79. The summed E-state index contributed by atoms with van der Waals surface area (Å²) in [5.41, 5.74) is 13.5. The van der Waals surface area contributed by atoms with Crippen molar-refractivity contribution in [3.05, 3.63) is 210 Å². The van der Waals surface area contributed by atoms with Gasteiger partial charge in [-0.25, -0.2) is 0 Å². The SMILES string of the molecule is c1ccc(-c2cccc3c2Sc2ccc(-c4cccc5c6ccccc6n(-c6ccccc6)c45)cc2C32c3ccccc3Sc3ccccc32)cc1. The van der Waals surface area contributed by atoms with Crippen LogP contribution >= 0.6 is 23.5 Å². The van der Waals surface area contributed by atoms with Gasteiger partial charge in [-0.05, 0) is 81.4 Å². The molecule has 0 saturated heterocycles. The fourth-order valence-corrected chi connectivity index (χ4v) is 11.3. The third-order valence-electron chi connectivity index (χ3n) is 10.9. The molecule has 0 unspecified atom stereocenters. The predicted molar refractivity (Wildman–Crippen MR) is 218 cm³/mol. The van der Waals surface area contributed by atoms with Gasteiger partial charge in [-0.15, -0.1) is 0 Å². The molecule has 0 amide bonds. The minimum Gasteiger partial charge on any atom is -0.309 e. The molecular formula is C49H31NS2. The molecule has 1 aromatic heterocycles. The average Bonchev–Trinajstić information content (AvgIpc) is 3.56. The van der Waals surface area contributed by atoms with Crippen LogP contribution in [0.25, 0.3) is 49.7 Å². The number of fused-ring (bicyclic) bond motifs is 11. The molecule has 2 aliphatic rings. The van der Waals surface area contributed by atoms with Crippen molar-refractivity contribution in [2.75, 3.05) is 0 Å². The molecule has 52 heavy (non-hydrogen) atoms. The van der Waals surface area contributed by atoms with Gasteiger partial charge in [-0.3, -0.25) is 0 Å². The lowest BCUT2D eigenvalue weighted by atomic mass is 9.64. The number of para-hydroxylation sites is 3. The quantitative estimate of drug-likeness (QED) is 0.181. The molecule has 0 aliphatic carbocycles. The number of rotatable bonds is 3. The predicted octanol–water partition coefficient (Wildman–Crippen LogP) is 13.4. The number of hydrogen-bond donors (Lipinski definition) is 0. The van der Waals surface area contributed by atoms with E-state index in [9.17, 15) is 0 Å². The van der Waals surface area contributed by atoms with Gasteiger partial charge < -0.3 is 4.57 Å². The van der Waals surface area contributed by atoms with Crippen molar-refractivity contribution in [3.8, 4) is 27.9 Å². The summed E-state index contributed by atoms with van der Waals surface area (Å²) in [4.78, 5) is 5.25. The number of nitrogens with zero attached hydrogens (tertiary/aromatic N) is 1. The van der Waals surface area contributed by atoms with Gasteiger partial charge in [0, 0.05) is 41.6 Å². The maximum atomic E-state index is 2.52. The molecule has 0 atom stereocenters. The van der Waals surface area contributed by atoms with Crippen LogP contribution in [0.3, 0.4) is 0 Å². The van der Waals surface area contributed by atoms with Crippen molar-refractivity contribution in [1.29, 1.82) is 0 Å². The first-order chi connectivity index (χ1) is 25.8. The summed E-state index contributed by atoms with van der Waals surface area (Å²) in [7, 11) is 0. The third kappa shape index (κ3) is 4.21. The molecule has 0 N–H and O–H groups in total. The molecule has 11 rings (SSSR count). The van der Waals surface area contributed by atoms with Crippen LogP contribution in [0, 0.1) is 0 Å². The highest BCUT2D eigenvalue weighted by Crippen LogP contribution is 2.63. The van der Waals surface area contributed by atoms with E-state index in [0.29, 0.717) is 0 Å². The highest BCUT2D eigenvalue weighted by atomic mass is 32.2. The van der Waals surface area contributed by atoms with Crippen molar-refractivity contribution in [2.45, 2.75) is 25.0 Å². The molecule has 8 aromatic carbocycles. The van der Waals surface area contributed by atoms with Gasteiger partial charge in [0.15, 0.2) is 0 Å². The first-order valence-corrected chi connectivity index (χ1v) is 19.4. The Morgan fingerprint density at radius 1 is 0.385 bits per heavy atom. The van der Waals surface area contributed by atoms with Crippen LogP contribution in [-0.2, 0) is 5.41 Å². The van der Waals surface area contributed by atoms with E-state index < -0.39 is 5.41 Å². The topological polar surface area (TPSA) is 4.93 Å². The zero-order chi connectivity index (χ0) is 34.2. The number of benzene rings is 8. The van der Waals surface area contributed by atoms with Crippen LogP contribution in [0.1, 0.15) is 22.3 Å². The fraction of sp³-hybridized carbons (Fsp3) is 0.0204. The van der Waals surface area contributed by atoms with Gasteiger partial charge in [0.2, 0.25) is 0 Å². The maximum absolute atomic E-state index is 2.52. The lowest BCUT2D eigenvalue weighted by Crippen LogP contribution is -2.36. The Morgan fingerprint density at radius 3 is 1.77 bits per heavy atom. The van der Waals surface area contributed by atoms with E-state index in [1.54, 1.807) is 0 Å². The van der Waals surface area contributed by atoms with Crippen molar-refractivity contribution >= 4 is 45.3 Å². The van der Waals surface area contributed by atoms with E-state index in [-0.39, 0.29) is 0 Å². The van der Waals surface area contributed by atoms with Gasteiger partial charge in [0.1, 0.15) is 0 Å². The zero-order valence-corrected chi connectivity index (χ0v) is 29.8. The minimum absolute atomic E-state index is 0.505. The molecule has 3 heteroatoms. The Hall–Kier alpha value is -5.74. The van der Waals surface area contributed by atoms with E-state index in [1.807, 2.05) is 23.5 Å². The number of aromatic nitrogens is 1. The van der Waals surface area contributed by atoms with Crippen LogP contribution in [0.4, 0.5) is 0 Å². The molecule has 0 fully saturated rings. The smallest absolute Gasteiger partial charge is 0.0745 e. The second kappa shape index (κ2) is 11.6. The van der Waals surface area contributed by atoms with Crippen LogP contribution in [0.15, 0.2) is 208 Å². The van der Waals surface area contributed by atoms with Crippen molar-refractivity contribution in [2.24, 2.45) is 0 Å². The van der Waals surface area contributed by atoms with E-state index in [0.717, 1.165) is 0 Å². The molecule has 1 nitrogen and oxygen atoms in total. The van der Waals surface area contributed by atoms with Gasteiger partial charge in [0.05, 0.1) is 16.4 Å². The Labute approximate surface area is 311 Å². The second-order valence-electron chi connectivity index (χ2n) is 13.6. The molecule has 9 aromatic rings. The van der Waals surface area contributed by atoms with E-state index >= 15 is 0 Å². The number of hydrogen-bond acceptors (Lipinski definition) is 2. The molecule has 3 heterocycles. The molecule has 2 aliphatic heterocycles. The van der Waals surface area contributed by atoms with E-state index in [1.165, 1.54) is 91.6 Å². The van der Waals surface area contributed by atoms with Crippen molar-refractivity contribution in [3.63, 3.8) is 0 Å². The van der Waals surface area contributed by atoms with Gasteiger partial charge in [0.25, 0.3) is 0 Å². The highest BCUT2D eigenvalue weighted by molar-refractivity contribution is 8.00. The molecular weight excluding hydrogens is 667 g/mol. The average molecular weight is 698 g/mol. The Bertz CT molecular complexity index is 2810. The zero-order valence-electron chi connectivity index (χ0n) is 28.2. The Balaban J connectivity index is 1.25. The van der Waals surface area contributed by atoms with Crippen molar-refractivity contribution < 1.29 is 0 Å². The first kappa shape index (κ1) is 29.9. The second-order valence-corrected chi connectivity index (χ2v) is 15.7.